The van der Waals surface area contributed by atoms with Gasteiger partial charge in [0, 0.05) is 11.4 Å². The summed E-state index contributed by atoms with van der Waals surface area (Å²) in [5, 5.41) is 9.28. The van der Waals surface area contributed by atoms with E-state index in [4.69, 9.17) is 12.2 Å². The van der Waals surface area contributed by atoms with Crippen molar-refractivity contribution in [1.82, 2.24) is 10.6 Å². The summed E-state index contributed by atoms with van der Waals surface area (Å²) in [6.45, 7) is 6.09. The first-order valence-electron chi connectivity index (χ1n) is 5.34. The molecule has 84 valence electrons. The third-order valence-electron chi connectivity index (χ3n) is 2.16. The molecule has 2 N–H and O–H groups in total. The molecule has 1 aromatic heterocycles. The van der Waals surface area contributed by atoms with Crippen LogP contribution in [0, 0.1) is 0 Å². The lowest BCUT2D eigenvalue weighted by Gasteiger charge is -2.09. The maximum Gasteiger partial charge on any atom is 0.166 e. The summed E-state index contributed by atoms with van der Waals surface area (Å²) < 4.78 is 0. The first-order chi connectivity index (χ1) is 7.27. The summed E-state index contributed by atoms with van der Waals surface area (Å²) in [5.41, 5.74) is 1.42. The highest BCUT2D eigenvalue weighted by Gasteiger charge is 2.02. The SMILES string of the molecule is CCCNC(=S)NCc1sccc1CC. The number of nitrogens with one attached hydrogen (secondary N) is 2. The van der Waals surface area contributed by atoms with Crippen LogP contribution in [-0.2, 0) is 13.0 Å². The van der Waals surface area contributed by atoms with Crippen molar-refractivity contribution in [3.05, 3.63) is 21.9 Å². The van der Waals surface area contributed by atoms with E-state index in [-0.39, 0.29) is 0 Å². The van der Waals surface area contributed by atoms with Crippen molar-refractivity contribution < 1.29 is 0 Å². The second kappa shape index (κ2) is 6.80. The van der Waals surface area contributed by atoms with Gasteiger partial charge in [0.2, 0.25) is 0 Å². The lowest BCUT2D eigenvalue weighted by Crippen LogP contribution is -2.35. The predicted molar refractivity (Wildman–Crippen MR) is 71.4 cm³/mol. The normalized spacial score (nSPS) is 10.0. The van der Waals surface area contributed by atoms with E-state index >= 15 is 0 Å². The lowest BCUT2D eigenvalue weighted by atomic mass is 10.2. The summed E-state index contributed by atoms with van der Waals surface area (Å²) in [4.78, 5) is 1.39. The van der Waals surface area contributed by atoms with E-state index in [1.807, 2.05) is 0 Å². The van der Waals surface area contributed by atoms with Gasteiger partial charge >= 0.3 is 0 Å². The minimum absolute atomic E-state index is 0.757. The van der Waals surface area contributed by atoms with Gasteiger partial charge in [-0.25, -0.2) is 0 Å². The van der Waals surface area contributed by atoms with Crippen LogP contribution >= 0.6 is 23.6 Å². The van der Waals surface area contributed by atoms with E-state index in [9.17, 15) is 0 Å². The molecule has 15 heavy (non-hydrogen) atoms. The Kier molecular flexibility index (Phi) is 5.65. The Morgan fingerprint density at radius 3 is 2.87 bits per heavy atom. The van der Waals surface area contributed by atoms with Crippen molar-refractivity contribution >= 4 is 28.7 Å². The van der Waals surface area contributed by atoms with Gasteiger partial charge in [-0.2, -0.15) is 0 Å². The molecular weight excluding hydrogens is 224 g/mol. The van der Waals surface area contributed by atoms with Gasteiger partial charge in [0.1, 0.15) is 0 Å². The first-order valence-corrected chi connectivity index (χ1v) is 6.63. The van der Waals surface area contributed by atoms with Crippen LogP contribution in [0.2, 0.25) is 0 Å². The Balaban J connectivity index is 2.33. The highest BCUT2D eigenvalue weighted by molar-refractivity contribution is 7.80. The Labute approximate surface area is 101 Å². The lowest BCUT2D eigenvalue weighted by molar-refractivity contribution is 0.801. The third-order valence-corrected chi connectivity index (χ3v) is 3.42. The molecule has 0 fully saturated rings. The van der Waals surface area contributed by atoms with E-state index in [0.717, 1.165) is 31.0 Å². The Bertz CT molecular complexity index is 307. The van der Waals surface area contributed by atoms with Gasteiger partial charge in [0.15, 0.2) is 5.11 Å². The molecule has 0 aliphatic rings. The number of rotatable bonds is 5. The molecule has 0 spiro atoms. The van der Waals surface area contributed by atoms with Crippen molar-refractivity contribution in [3.63, 3.8) is 0 Å². The summed E-state index contributed by atoms with van der Waals surface area (Å²) in [6.07, 6.45) is 2.19. The van der Waals surface area contributed by atoms with Crippen LogP contribution in [0.1, 0.15) is 30.7 Å². The molecule has 2 nitrogen and oxygen atoms in total. The van der Waals surface area contributed by atoms with Gasteiger partial charge in [-0.1, -0.05) is 13.8 Å². The fourth-order valence-corrected chi connectivity index (χ4v) is 2.39. The minimum atomic E-state index is 0.757. The number of thiophene rings is 1. The summed E-state index contributed by atoms with van der Waals surface area (Å²) in [6, 6.07) is 2.18. The van der Waals surface area contributed by atoms with Gasteiger partial charge < -0.3 is 10.6 Å². The maximum atomic E-state index is 5.15. The third kappa shape index (κ3) is 4.18. The van der Waals surface area contributed by atoms with Crippen LogP contribution in [0.5, 0.6) is 0 Å². The molecular formula is C11H18N2S2. The van der Waals surface area contributed by atoms with Gasteiger partial charge in [0.05, 0.1) is 6.54 Å². The maximum absolute atomic E-state index is 5.15. The first kappa shape index (κ1) is 12.5. The van der Waals surface area contributed by atoms with Crippen molar-refractivity contribution in [3.8, 4) is 0 Å². The summed E-state index contributed by atoms with van der Waals surface area (Å²) in [7, 11) is 0. The highest BCUT2D eigenvalue weighted by Crippen LogP contribution is 2.16. The molecule has 0 saturated heterocycles. The molecule has 0 saturated carbocycles. The number of hydrogen-bond acceptors (Lipinski definition) is 2. The number of thiocarbonyl (C=S) groups is 1. The fourth-order valence-electron chi connectivity index (χ4n) is 1.30. The Morgan fingerprint density at radius 2 is 2.20 bits per heavy atom. The monoisotopic (exact) mass is 242 g/mol. The zero-order chi connectivity index (χ0) is 11.1. The molecule has 0 aliphatic carbocycles. The number of aryl methyl sites for hydroxylation is 1. The van der Waals surface area contributed by atoms with E-state index < -0.39 is 0 Å². The predicted octanol–water partition coefficient (Wildman–Crippen LogP) is 2.68. The molecule has 1 rings (SSSR count). The second-order valence-corrected chi connectivity index (χ2v) is 4.74. The van der Waals surface area contributed by atoms with E-state index in [1.165, 1.54) is 10.4 Å². The Morgan fingerprint density at radius 1 is 1.40 bits per heavy atom. The highest BCUT2D eigenvalue weighted by atomic mass is 32.1. The quantitative estimate of drug-likeness (QED) is 0.776. The average Bonchev–Trinajstić information content (AvgIpc) is 2.70. The van der Waals surface area contributed by atoms with Crippen molar-refractivity contribution in [1.29, 1.82) is 0 Å². The molecule has 0 unspecified atom stereocenters. The van der Waals surface area contributed by atoms with E-state index in [1.54, 1.807) is 11.3 Å². The van der Waals surface area contributed by atoms with Crippen LogP contribution in [0.25, 0.3) is 0 Å². The van der Waals surface area contributed by atoms with Gasteiger partial charge in [-0.3, -0.25) is 0 Å². The summed E-state index contributed by atoms with van der Waals surface area (Å²) >= 11 is 6.94. The van der Waals surface area contributed by atoms with Gasteiger partial charge in [0.25, 0.3) is 0 Å². The van der Waals surface area contributed by atoms with Crippen molar-refractivity contribution in [2.45, 2.75) is 33.2 Å². The smallest absolute Gasteiger partial charge is 0.166 e. The summed E-state index contributed by atoms with van der Waals surface area (Å²) in [5.74, 6) is 0. The van der Waals surface area contributed by atoms with Gasteiger partial charge in [-0.05, 0) is 42.1 Å². The molecule has 0 aromatic carbocycles. The molecule has 4 heteroatoms. The molecule has 0 amide bonds. The minimum Gasteiger partial charge on any atom is -0.363 e. The van der Waals surface area contributed by atoms with E-state index in [0.29, 0.717) is 0 Å². The van der Waals surface area contributed by atoms with Crippen LogP contribution < -0.4 is 10.6 Å². The zero-order valence-electron chi connectivity index (χ0n) is 9.30. The standard InChI is InChI=1S/C11H18N2S2/c1-3-6-12-11(14)13-8-10-9(4-2)5-7-15-10/h5,7H,3-4,6,8H2,1-2H3,(H2,12,13,14). The second-order valence-electron chi connectivity index (χ2n) is 3.33. The molecule has 0 aliphatic heterocycles. The molecule has 0 radical (unpaired) electrons. The van der Waals surface area contributed by atoms with Crippen LogP contribution in [0.15, 0.2) is 11.4 Å². The Hall–Kier alpha value is -0.610. The van der Waals surface area contributed by atoms with Crippen molar-refractivity contribution in [2.24, 2.45) is 0 Å². The molecule has 0 atom stereocenters. The number of hydrogen-bond donors (Lipinski definition) is 2. The largest absolute Gasteiger partial charge is 0.363 e. The topological polar surface area (TPSA) is 24.1 Å². The van der Waals surface area contributed by atoms with E-state index in [2.05, 4.69) is 35.9 Å². The molecule has 1 heterocycles. The van der Waals surface area contributed by atoms with Crippen LogP contribution in [0.3, 0.4) is 0 Å². The fraction of sp³-hybridized carbons (Fsp3) is 0.545. The zero-order valence-corrected chi connectivity index (χ0v) is 10.9. The van der Waals surface area contributed by atoms with Crippen molar-refractivity contribution in [2.75, 3.05) is 6.54 Å². The molecule has 0 bridgehead atoms. The van der Waals surface area contributed by atoms with Gasteiger partial charge in [-0.15, -0.1) is 11.3 Å². The molecule has 1 aromatic rings. The average molecular weight is 242 g/mol. The van der Waals surface area contributed by atoms with Crippen LogP contribution in [0.4, 0.5) is 0 Å². The van der Waals surface area contributed by atoms with Crippen LogP contribution in [-0.4, -0.2) is 11.7 Å².